The number of benzene rings is 1. The number of hydrogen-bond donors (Lipinski definition) is 2. The molecule has 0 saturated carbocycles. The molecular formula is C16H23NO7S. The van der Waals surface area contributed by atoms with Crippen molar-refractivity contribution in [3.63, 3.8) is 0 Å². The number of esters is 1. The Morgan fingerprint density at radius 2 is 1.84 bits per heavy atom. The van der Waals surface area contributed by atoms with Gasteiger partial charge in [-0.1, -0.05) is 13.8 Å². The molecule has 0 aliphatic heterocycles. The van der Waals surface area contributed by atoms with Gasteiger partial charge in [-0.25, -0.2) is 13.2 Å². The number of carbonyl (C=O) groups excluding carboxylic acids is 1. The Kier molecular flexibility index (Phi) is 7.53. The Hall–Kier alpha value is -1.97. The molecule has 0 unspecified atom stereocenters. The first kappa shape index (κ1) is 21.1. The van der Waals surface area contributed by atoms with Crippen LogP contribution in [-0.4, -0.2) is 45.7 Å². The Morgan fingerprint density at radius 1 is 1.20 bits per heavy atom. The summed E-state index contributed by atoms with van der Waals surface area (Å²) in [6, 6.07) is 2.66. The molecule has 0 saturated heterocycles. The third-order valence-corrected chi connectivity index (χ3v) is 4.76. The molecule has 1 atom stereocenters. The molecule has 0 aliphatic carbocycles. The highest BCUT2D eigenvalue weighted by molar-refractivity contribution is 7.89. The normalized spacial score (nSPS) is 12.8. The van der Waals surface area contributed by atoms with Crippen molar-refractivity contribution in [3.05, 3.63) is 29.3 Å². The van der Waals surface area contributed by atoms with E-state index in [9.17, 15) is 23.1 Å². The lowest BCUT2D eigenvalue weighted by Gasteiger charge is -2.17. The topological polar surface area (TPSA) is 119 Å². The minimum Gasteiger partial charge on any atom is -0.480 e. The molecule has 140 valence electrons. The van der Waals surface area contributed by atoms with Crippen LogP contribution < -0.4 is 4.72 Å². The van der Waals surface area contributed by atoms with E-state index >= 15 is 0 Å². The molecule has 0 bridgehead atoms. The van der Waals surface area contributed by atoms with Crippen LogP contribution in [0.5, 0.6) is 0 Å². The second kappa shape index (κ2) is 8.93. The minimum atomic E-state index is -4.15. The molecule has 0 heterocycles. The van der Waals surface area contributed by atoms with Gasteiger partial charge in [-0.2, -0.15) is 4.72 Å². The van der Waals surface area contributed by atoms with E-state index < -0.39 is 28.0 Å². The van der Waals surface area contributed by atoms with Crippen molar-refractivity contribution in [1.82, 2.24) is 4.72 Å². The van der Waals surface area contributed by atoms with Crippen LogP contribution in [0, 0.1) is 5.92 Å². The van der Waals surface area contributed by atoms with Gasteiger partial charge in [-0.3, -0.25) is 4.79 Å². The lowest BCUT2D eigenvalue weighted by Crippen LogP contribution is -2.41. The van der Waals surface area contributed by atoms with Crippen molar-refractivity contribution in [3.8, 4) is 0 Å². The van der Waals surface area contributed by atoms with Gasteiger partial charge >= 0.3 is 11.9 Å². The van der Waals surface area contributed by atoms with Crippen molar-refractivity contribution >= 4 is 22.0 Å². The summed E-state index contributed by atoms with van der Waals surface area (Å²) in [6.45, 7) is 3.67. The molecule has 2 N–H and O–H groups in total. The monoisotopic (exact) mass is 373 g/mol. The number of rotatable bonds is 9. The lowest BCUT2D eigenvalue weighted by atomic mass is 10.1. The van der Waals surface area contributed by atoms with Crippen LogP contribution >= 0.6 is 0 Å². The average molecular weight is 373 g/mol. The fourth-order valence-corrected chi connectivity index (χ4v) is 3.52. The number of sulfonamides is 1. The molecule has 0 fully saturated rings. The molecule has 0 aliphatic rings. The molecule has 1 aromatic rings. The Morgan fingerprint density at radius 3 is 2.32 bits per heavy atom. The summed E-state index contributed by atoms with van der Waals surface area (Å²) >= 11 is 0. The van der Waals surface area contributed by atoms with Gasteiger partial charge < -0.3 is 14.6 Å². The molecule has 0 aromatic heterocycles. The van der Waals surface area contributed by atoms with Gasteiger partial charge in [0.05, 0.1) is 24.2 Å². The van der Waals surface area contributed by atoms with Gasteiger partial charge in [0.15, 0.2) is 0 Å². The predicted octanol–water partition coefficient (Wildman–Crippen LogP) is 1.40. The largest absolute Gasteiger partial charge is 0.480 e. The number of ether oxygens (including phenoxy) is 2. The van der Waals surface area contributed by atoms with Crippen molar-refractivity contribution in [2.24, 2.45) is 5.92 Å². The smallest absolute Gasteiger partial charge is 0.337 e. The molecule has 1 aromatic carbocycles. The van der Waals surface area contributed by atoms with E-state index in [0.717, 1.165) is 6.07 Å². The predicted molar refractivity (Wildman–Crippen MR) is 89.7 cm³/mol. The zero-order valence-corrected chi connectivity index (χ0v) is 15.4. The fraction of sp³-hybridized carbons (Fsp3) is 0.500. The summed E-state index contributed by atoms with van der Waals surface area (Å²) in [5.41, 5.74) is 0.481. The summed E-state index contributed by atoms with van der Waals surface area (Å²) < 4.78 is 36.9. The number of carboxylic acids is 1. The molecule has 25 heavy (non-hydrogen) atoms. The number of methoxy groups -OCH3 is 2. The van der Waals surface area contributed by atoms with Crippen molar-refractivity contribution in [2.75, 3.05) is 14.2 Å². The maximum absolute atomic E-state index is 12.6. The number of hydrogen-bond acceptors (Lipinski definition) is 6. The number of nitrogens with one attached hydrogen (secondary N) is 1. The van der Waals surface area contributed by atoms with Gasteiger partial charge in [0, 0.05) is 7.11 Å². The van der Waals surface area contributed by atoms with E-state index in [4.69, 9.17) is 4.74 Å². The Labute approximate surface area is 147 Å². The van der Waals surface area contributed by atoms with Gasteiger partial charge in [-0.05, 0) is 36.1 Å². The number of aliphatic carboxylic acids is 1. The van der Waals surface area contributed by atoms with E-state index in [0.29, 0.717) is 5.56 Å². The third kappa shape index (κ3) is 6.11. The van der Waals surface area contributed by atoms with Crippen molar-refractivity contribution in [1.29, 1.82) is 0 Å². The third-order valence-electron chi connectivity index (χ3n) is 3.31. The standard InChI is InChI=1S/C16H23NO7S/c1-10(2)5-14(15(18)19)17-25(21,22)13-7-11(9-23-3)6-12(8-13)16(20)24-4/h6-8,10,14,17H,5,9H2,1-4H3,(H,18,19)/t14-/m1/s1. The van der Waals surface area contributed by atoms with Crippen molar-refractivity contribution < 1.29 is 32.6 Å². The Bertz CT molecular complexity index is 728. The zero-order chi connectivity index (χ0) is 19.2. The van der Waals surface area contributed by atoms with Crippen LogP contribution in [0.1, 0.15) is 36.2 Å². The quantitative estimate of drug-likeness (QED) is 0.628. The maximum Gasteiger partial charge on any atom is 0.337 e. The van der Waals surface area contributed by atoms with E-state index in [2.05, 4.69) is 9.46 Å². The van der Waals surface area contributed by atoms with Crippen LogP contribution in [0.2, 0.25) is 0 Å². The summed E-state index contributed by atoms with van der Waals surface area (Å²) in [4.78, 5) is 22.8. The van der Waals surface area contributed by atoms with Crippen LogP contribution in [0.25, 0.3) is 0 Å². The van der Waals surface area contributed by atoms with E-state index in [1.165, 1.54) is 26.4 Å². The number of carbonyl (C=O) groups is 2. The molecule has 0 spiro atoms. The first-order valence-electron chi connectivity index (χ1n) is 7.57. The van der Waals surface area contributed by atoms with Crippen LogP contribution in [-0.2, 0) is 30.9 Å². The molecule has 0 amide bonds. The maximum atomic E-state index is 12.6. The van der Waals surface area contributed by atoms with Gasteiger partial charge in [0.1, 0.15) is 6.04 Å². The van der Waals surface area contributed by atoms with E-state index in [1.807, 2.05) is 0 Å². The fourth-order valence-electron chi connectivity index (χ4n) is 2.23. The summed E-state index contributed by atoms with van der Waals surface area (Å²) in [7, 11) is -1.54. The Balaban J connectivity index is 3.28. The molecular weight excluding hydrogens is 350 g/mol. The highest BCUT2D eigenvalue weighted by atomic mass is 32.2. The van der Waals surface area contributed by atoms with Crippen LogP contribution in [0.3, 0.4) is 0 Å². The zero-order valence-electron chi connectivity index (χ0n) is 14.6. The summed E-state index contributed by atoms with van der Waals surface area (Å²) in [6.07, 6.45) is 0.135. The first-order valence-corrected chi connectivity index (χ1v) is 9.05. The molecule has 0 radical (unpaired) electrons. The van der Waals surface area contributed by atoms with Gasteiger partial charge in [-0.15, -0.1) is 0 Å². The first-order chi connectivity index (χ1) is 11.6. The van der Waals surface area contributed by atoms with Crippen LogP contribution in [0.4, 0.5) is 0 Å². The number of carboxylic acid groups (broad SMARTS) is 1. The van der Waals surface area contributed by atoms with E-state index in [1.54, 1.807) is 13.8 Å². The second-order valence-corrected chi connectivity index (χ2v) is 7.65. The molecule has 1 rings (SSSR count). The van der Waals surface area contributed by atoms with Gasteiger partial charge in [0.25, 0.3) is 0 Å². The average Bonchev–Trinajstić information content (AvgIpc) is 2.52. The second-order valence-electron chi connectivity index (χ2n) is 5.93. The highest BCUT2D eigenvalue weighted by Crippen LogP contribution is 2.18. The molecule has 9 heteroatoms. The summed E-state index contributed by atoms with van der Waals surface area (Å²) in [5, 5.41) is 9.23. The van der Waals surface area contributed by atoms with Crippen molar-refractivity contribution in [2.45, 2.75) is 37.8 Å². The minimum absolute atomic E-state index is 0.0192. The van der Waals surface area contributed by atoms with E-state index in [-0.39, 0.29) is 29.4 Å². The SMILES string of the molecule is COCc1cc(C(=O)OC)cc(S(=O)(=O)N[C@H](CC(C)C)C(=O)O)c1. The molecule has 8 nitrogen and oxygen atoms in total. The lowest BCUT2D eigenvalue weighted by molar-refractivity contribution is -0.139. The van der Waals surface area contributed by atoms with Gasteiger partial charge in [0.2, 0.25) is 10.0 Å². The highest BCUT2D eigenvalue weighted by Gasteiger charge is 2.27. The summed E-state index contributed by atoms with van der Waals surface area (Å²) in [5.74, 6) is -1.99. The van der Waals surface area contributed by atoms with Crippen LogP contribution in [0.15, 0.2) is 23.1 Å².